The Bertz CT molecular complexity index is 326. The third-order valence-corrected chi connectivity index (χ3v) is 4.66. The molecule has 0 heterocycles. The van der Waals surface area contributed by atoms with Gasteiger partial charge >= 0.3 is 0 Å². The summed E-state index contributed by atoms with van der Waals surface area (Å²) in [6, 6.07) is 0. The zero-order valence-corrected chi connectivity index (χ0v) is 12.6. The van der Waals surface area contributed by atoms with Crippen LogP contribution in [0.25, 0.3) is 0 Å². The number of hydrogen-bond donors (Lipinski definition) is 3. The van der Waals surface area contributed by atoms with Crippen LogP contribution >= 0.6 is 11.8 Å². The second-order valence-electron chi connectivity index (χ2n) is 5.21. The molecule has 110 valence electrons. The monoisotopic (exact) mass is 287 g/mol. The summed E-state index contributed by atoms with van der Waals surface area (Å²) < 4.78 is 0. The van der Waals surface area contributed by atoms with Crippen molar-refractivity contribution in [3.63, 3.8) is 0 Å². The Morgan fingerprint density at radius 1 is 1.53 bits per heavy atom. The minimum Gasteiger partial charge on any atom is -0.409 e. The molecule has 1 amide bonds. The van der Waals surface area contributed by atoms with Crippen molar-refractivity contribution < 1.29 is 10.0 Å². The lowest BCUT2D eigenvalue weighted by molar-refractivity contribution is -0.122. The largest absolute Gasteiger partial charge is 0.409 e. The standard InChI is InChI=1S/C13H25N3O2S/c1-3-10-4-7-13(8-5-10,12(14)16-18)15-11(17)6-9-19-2/h10,18H,3-9H2,1-2H3,(H2,14,16)(H,15,17). The third kappa shape index (κ3) is 4.30. The van der Waals surface area contributed by atoms with Crippen LogP contribution in [0.1, 0.15) is 45.4 Å². The van der Waals surface area contributed by atoms with Gasteiger partial charge in [0.1, 0.15) is 5.54 Å². The summed E-state index contributed by atoms with van der Waals surface area (Å²) in [6.07, 6.45) is 7.12. The molecular formula is C13H25N3O2S. The molecular weight excluding hydrogens is 262 g/mol. The molecule has 0 aliphatic heterocycles. The van der Waals surface area contributed by atoms with E-state index in [9.17, 15) is 4.79 Å². The second-order valence-corrected chi connectivity index (χ2v) is 6.20. The van der Waals surface area contributed by atoms with Crippen LogP contribution in [0.4, 0.5) is 0 Å². The molecule has 0 unspecified atom stereocenters. The number of amidine groups is 1. The van der Waals surface area contributed by atoms with Crippen LogP contribution in [0, 0.1) is 5.92 Å². The van der Waals surface area contributed by atoms with Gasteiger partial charge in [0.15, 0.2) is 5.84 Å². The summed E-state index contributed by atoms with van der Waals surface area (Å²) in [7, 11) is 0. The minimum absolute atomic E-state index is 0.0177. The van der Waals surface area contributed by atoms with Crippen molar-refractivity contribution in [2.75, 3.05) is 12.0 Å². The number of nitrogens with two attached hydrogens (primary N) is 1. The van der Waals surface area contributed by atoms with E-state index < -0.39 is 5.54 Å². The van der Waals surface area contributed by atoms with Crippen molar-refractivity contribution >= 4 is 23.5 Å². The number of carbonyl (C=O) groups is 1. The molecule has 6 heteroatoms. The Morgan fingerprint density at radius 2 is 2.16 bits per heavy atom. The highest BCUT2D eigenvalue weighted by atomic mass is 32.2. The van der Waals surface area contributed by atoms with Gasteiger partial charge in [-0.25, -0.2) is 0 Å². The quantitative estimate of drug-likeness (QED) is 0.301. The van der Waals surface area contributed by atoms with Gasteiger partial charge in [-0.15, -0.1) is 0 Å². The van der Waals surface area contributed by atoms with E-state index in [4.69, 9.17) is 10.9 Å². The lowest BCUT2D eigenvalue weighted by Gasteiger charge is -2.39. The molecule has 0 spiro atoms. The lowest BCUT2D eigenvalue weighted by atomic mass is 9.75. The van der Waals surface area contributed by atoms with E-state index in [0.717, 1.165) is 37.9 Å². The molecule has 19 heavy (non-hydrogen) atoms. The highest BCUT2D eigenvalue weighted by Gasteiger charge is 2.40. The maximum atomic E-state index is 11.9. The van der Waals surface area contributed by atoms with E-state index in [1.165, 1.54) is 0 Å². The van der Waals surface area contributed by atoms with Gasteiger partial charge < -0.3 is 16.3 Å². The van der Waals surface area contributed by atoms with E-state index in [1.807, 2.05) is 6.26 Å². The van der Waals surface area contributed by atoms with Gasteiger partial charge in [0.05, 0.1) is 0 Å². The average Bonchev–Trinajstić information content (AvgIpc) is 2.44. The van der Waals surface area contributed by atoms with E-state index in [-0.39, 0.29) is 11.7 Å². The van der Waals surface area contributed by atoms with E-state index in [1.54, 1.807) is 11.8 Å². The SMILES string of the molecule is CCC1CCC(NC(=O)CCSC)(C(N)=NO)CC1. The molecule has 1 aliphatic carbocycles. The molecule has 0 atom stereocenters. The molecule has 1 rings (SSSR count). The first kappa shape index (κ1) is 16.1. The van der Waals surface area contributed by atoms with Crippen molar-refractivity contribution in [3.05, 3.63) is 0 Å². The van der Waals surface area contributed by atoms with Crippen LogP contribution in [-0.4, -0.2) is 34.5 Å². The van der Waals surface area contributed by atoms with Gasteiger partial charge in [-0.1, -0.05) is 18.5 Å². The van der Waals surface area contributed by atoms with E-state index in [2.05, 4.69) is 17.4 Å². The summed E-state index contributed by atoms with van der Waals surface area (Å²) in [4.78, 5) is 11.9. The second kappa shape index (κ2) is 7.62. The summed E-state index contributed by atoms with van der Waals surface area (Å²) >= 11 is 1.64. The molecule has 1 aliphatic rings. The van der Waals surface area contributed by atoms with Crippen LogP contribution < -0.4 is 11.1 Å². The van der Waals surface area contributed by atoms with Gasteiger partial charge in [0.25, 0.3) is 0 Å². The Hall–Kier alpha value is -0.910. The first-order valence-electron chi connectivity index (χ1n) is 6.86. The zero-order chi connectivity index (χ0) is 14.3. The number of amides is 1. The van der Waals surface area contributed by atoms with Crippen molar-refractivity contribution in [2.45, 2.75) is 51.0 Å². The maximum absolute atomic E-state index is 11.9. The third-order valence-electron chi connectivity index (χ3n) is 4.05. The van der Waals surface area contributed by atoms with Gasteiger partial charge in [-0.2, -0.15) is 11.8 Å². The van der Waals surface area contributed by atoms with Gasteiger partial charge in [0.2, 0.25) is 5.91 Å². The predicted molar refractivity (Wildman–Crippen MR) is 79.5 cm³/mol. The van der Waals surface area contributed by atoms with Crippen molar-refractivity contribution in [1.29, 1.82) is 0 Å². The number of oxime groups is 1. The number of carbonyl (C=O) groups excluding carboxylic acids is 1. The molecule has 0 bridgehead atoms. The van der Waals surface area contributed by atoms with Crippen LogP contribution in [0.5, 0.6) is 0 Å². The summed E-state index contributed by atoms with van der Waals surface area (Å²) in [6.45, 7) is 2.18. The Labute approximate surface area is 119 Å². The van der Waals surface area contributed by atoms with E-state index in [0.29, 0.717) is 12.3 Å². The first-order valence-corrected chi connectivity index (χ1v) is 8.25. The first-order chi connectivity index (χ1) is 9.07. The topological polar surface area (TPSA) is 87.7 Å². The van der Waals surface area contributed by atoms with E-state index >= 15 is 0 Å². The zero-order valence-electron chi connectivity index (χ0n) is 11.8. The molecule has 1 fully saturated rings. The van der Waals surface area contributed by atoms with Gasteiger partial charge in [-0.05, 0) is 37.9 Å². The average molecular weight is 287 g/mol. The van der Waals surface area contributed by atoms with Gasteiger partial charge in [-0.3, -0.25) is 4.79 Å². The number of hydrogen-bond acceptors (Lipinski definition) is 4. The molecule has 4 N–H and O–H groups in total. The highest BCUT2D eigenvalue weighted by Crippen LogP contribution is 2.34. The molecule has 0 aromatic rings. The number of nitrogens with zero attached hydrogens (tertiary/aromatic N) is 1. The van der Waals surface area contributed by atoms with Crippen LogP contribution in [-0.2, 0) is 4.79 Å². The minimum atomic E-state index is -0.643. The number of rotatable bonds is 6. The summed E-state index contributed by atoms with van der Waals surface area (Å²) in [5, 5.41) is 15.1. The van der Waals surface area contributed by atoms with Gasteiger partial charge in [0, 0.05) is 12.2 Å². The predicted octanol–water partition coefficient (Wildman–Crippen LogP) is 1.94. The Morgan fingerprint density at radius 3 is 2.63 bits per heavy atom. The van der Waals surface area contributed by atoms with Crippen LogP contribution in [0.3, 0.4) is 0 Å². The molecule has 0 saturated heterocycles. The Balaban J connectivity index is 2.70. The fourth-order valence-electron chi connectivity index (χ4n) is 2.64. The van der Waals surface area contributed by atoms with Crippen molar-refractivity contribution in [3.8, 4) is 0 Å². The highest BCUT2D eigenvalue weighted by molar-refractivity contribution is 7.98. The summed E-state index contributed by atoms with van der Waals surface area (Å²) in [5.74, 6) is 1.59. The maximum Gasteiger partial charge on any atom is 0.221 e. The normalized spacial score (nSPS) is 28.1. The number of nitrogens with one attached hydrogen (secondary N) is 1. The molecule has 0 radical (unpaired) electrons. The van der Waals surface area contributed by atoms with Crippen LogP contribution in [0.15, 0.2) is 5.16 Å². The molecule has 1 saturated carbocycles. The molecule has 5 nitrogen and oxygen atoms in total. The van der Waals surface area contributed by atoms with Crippen LogP contribution in [0.2, 0.25) is 0 Å². The number of thioether (sulfide) groups is 1. The summed E-state index contributed by atoms with van der Waals surface area (Å²) in [5.41, 5.74) is 5.18. The Kier molecular flexibility index (Phi) is 6.48. The lowest BCUT2D eigenvalue weighted by Crippen LogP contribution is -2.59. The fourth-order valence-corrected chi connectivity index (χ4v) is 3.03. The smallest absolute Gasteiger partial charge is 0.221 e. The van der Waals surface area contributed by atoms with Crippen molar-refractivity contribution in [1.82, 2.24) is 5.32 Å². The molecule has 0 aromatic heterocycles. The fraction of sp³-hybridized carbons (Fsp3) is 0.846. The molecule has 0 aromatic carbocycles. The van der Waals surface area contributed by atoms with Crippen molar-refractivity contribution in [2.24, 2.45) is 16.8 Å².